The molecular weight excluding hydrogens is 246 g/mol. The maximum Gasteiger partial charge on any atom is 0.227 e. The van der Waals surface area contributed by atoms with E-state index in [-0.39, 0.29) is 10.7 Å². The average molecular weight is 269 g/mol. The fraction of sp³-hybridized carbons (Fsp3) is 0.750. The van der Waals surface area contributed by atoms with Crippen LogP contribution in [0.15, 0.2) is 0 Å². The highest BCUT2D eigenvalue weighted by Gasteiger charge is 2.24. The summed E-state index contributed by atoms with van der Waals surface area (Å²) in [4.78, 5) is 12.5. The van der Waals surface area contributed by atoms with E-state index < -0.39 is 0 Å². The molecule has 0 spiro atoms. The Hall–Kier alpha value is -1.04. The summed E-state index contributed by atoms with van der Waals surface area (Å²) in [6.45, 7) is 7.26. The summed E-state index contributed by atoms with van der Waals surface area (Å²) in [5.41, 5.74) is 5.66. The van der Waals surface area contributed by atoms with E-state index in [0.717, 1.165) is 31.6 Å². The van der Waals surface area contributed by atoms with Gasteiger partial charge >= 0.3 is 0 Å². The van der Waals surface area contributed by atoms with E-state index in [1.807, 2.05) is 18.7 Å². The molecule has 0 bridgehead atoms. The molecule has 1 heterocycles. The van der Waals surface area contributed by atoms with E-state index in [4.69, 9.17) is 5.73 Å². The molecule has 0 aliphatic rings. The second kappa shape index (κ2) is 6.78. The normalized spacial score (nSPS) is 11.6. The molecule has 0 radical (unpaired) electrons. The number of rotatable bonds is 7. The van der Waals surface area contributed by atoms with Crippen molar-refractivity contribution in [3.05, 3.63) is 5.82 Å². The summed E-state index contributed by atoms with van der Waals surface area (Å²) < 4.78 is 0.230. The first-order chi connectivity index (χ1) is 8.59. The lowest BCUT2D eigenvalue weighted by atomic mass is 10.0. The molecule has 0 aliphatic carbocycles. The quantitative estimate of drug-likeness (QED) is 0.791. The number of anilines is 2. The topological polar surface area (TPSA) is 76.7 Å². The molecule has 0 saturated heterocycles. The van der Waals surface area contributed by atoms with Crippen LogP contribution < -0.4 is 11.1 Å². The Morgan fingerprint density at radius 3 is 2.33 bits per heavy atom. The molecule has 1 rings (SSSR count). The molecule has 0 saturated carbocycles. The van der Waals surface area contributed by atoms with Crippen LogP contribution in [0.3, 0.4) is 0 Å². The molecule has 0 amide bonds. The number of nitrogen functional groups attached to an aromatic ring is 1. The third-order valence-electron chi connectivity index (χ3n) is 3.31. The Kier molecular flexibility index (Phi) is 5.65. The van der Waals surface area contributed by atoms with Crippen LogP contribution in [0, 0.1) is 0 Å². The maximum absolute atomic E-state index is 5.66. The summed E-state index contributed by atoms with van der Waals surface area (Å²) in [7, 11) is 0. The van der Waals surface area contributed by atoms with Crippen molar-refractivity contribution in [2.24, 2.45) is 0 Å². The molecule has 1 aromatic rings. The van der Waals surface area contributed by atoms with Crippen LogP contribution in [0.25, 0.3) is 0 Å². The van der Waals surface area contributed by atoms with Gasteiger partial charge in [0.2, 0.25) is 11.9 Å². The average Bonchev–Trinajstić information content (AvgIpc) is 2.40. The van der Waals surface area contributed by atoms with Crippen LogP contribution >= 0.6 is 11.8 Å². The van der Waals surface area contributed by atoms with Crippen LogP contribution in [0.2, 0.25) is 0 Å². The standard InChI is InChI=1S/C12H23N5S/c1-5-9-15-10(13)17-11(16-9)14-8-12(6-2,7-3)18-4/h5-8H2,1-4H3,(H3,13,14,15,16,17). The molecule has 0 aromatic carbocycles. The summed E-state index contributed by atoms with van der Waals surface area (Å²) in [6.07, 6.45) is 5.13. The van der Waals surface area contributed by atoms with E-state index >= 15 is 0 Å². The Balaban J connectivity index is 2.76. The number of hydrogen-bond acceptors (Lipinski definition) is 6. The minimum absolute atomic E-state index is 0.230. The first-order valence-corrected chi connectivity index (χ1v) is 7.61. The van der Waals surface area contributed by atoms with Crippen LogP contribution in [0.4, 0.5) is 11.9 Å². The Bertz CT molecular complexity index is 370. The monoisotopic (exact) mass is 269 g/mol. The van der Waals surface area contributed by atoms with Gasteiger partial charge in [-0.05, 0) is 19.1 Å². The van der Waals surface area contributed by atoms with Crippen molar-refractivity contribution in [3.63, 3.8) is 0 Å². The zero-order valence-electron chi connectivity index (χ0n) is 11.7. The summed E-state index contributed by atoms with van der Waals surface area (Å²) >= 11 is 1.89. The lowest BCUT2D eigenvalue weighted by Gasteiger charge is -2.29. The molecule has 0 fully saturated rings. The number of nitrogens with two attached hydrogens (primary N) is 1. The minimum Gasteiger partial charge on any atom is -0.368 e. The van der Waals surface area contributed by atoms with Crippen molar-refractivity contribution >= 4 is 23.7 Å². The lowest BCUT2D eigenvalue weighted by Crippen LogP contribution is -2.32. The van der Waals surface area contributed by atoms with Crippen molar-refractivity contribution < 1.29 is 0 Å². The largest absolute Gasteiger partial charge is 0.368 e. The number of thioether (sulfide) groups is 1. The first kappa shape index (κ1) is 15.0. The number of aryl methyl sites for hydroxylation is 1. The number of aromatic nitrogens is 3. The van der Waals surface area contributed by atoms with E-state index in [2.05, 4.69) is 40.4 Å². The van der Waals surface area contributed by atoms with Gasteiger partial charge in [-0.2, -0.15) is 26.7 Å². The van der Waals surface area contributed by atoms with Crippen molar-refractivity contribution in [3.8, 4) is 0 Å². The fourth-order valence-electron chi connectivity index (χ4n) is 1.78. The number of hydrogen-bond donors (Lipinski definition) is 2. The van der Waals surface area contributed by atoms with E-state index in [1.165, 1.54) is 0 Å². The molecular formula is C12H23N5S. The van der Waals surface area contributed by atoms with Gasteiger partial charge in [0.05, 0.1) is 0 Å². The Labute approximate surface area is 113 Å². The molecule has 3 N–H and O–H groups in total. The molecule has 5 nitrogen and oxygen atoms in total. The van der Waals surface area contributed by atoms with Crippen molar-refractivity contribution in [2.75, 3.05) is 23.9 Å². The molecule has 0 aliphatic heterocycles. The van der Waals surface area contributed by atoms with Gasteiger partial charge < -0.3 is 11.1 Å². The Morgan fingerprint density at radius 1 is 1.17 bits per heavy atom. The lowest BCUT2D eigenvalue weighted by molar-refractivity contribution is 0.572. The van der Waals surface area contributed by atoms with Crippen LogP contribution in [-0.4, -0.2) is 32.5 Å². The third kappa shape index (κ3) is 3.73. The van der Waals surface area contributed by atoms with E-state index in [0.29, 0.717) is 5.95 Å². The summed E-state index contributed by atoms with van der Waals surface area (Å²) in [5.74, 6) is 1.60. The maximum atomic E-state index is 5.66. The van der Waals surface area contributed by atoms with Gasteiger partial charge in [0.1, 0.15) is 5.82 Å². The van der Waals surface area contributed by atoms with Gasteiger partial charge in [0, 0.05) is 17.7 Å². The highest BCUT2D eigenvalue weighted by molar-refractivity contribution is 8.00. The van der Waals surface area contributed by atoms with E-state index in [1.54, 1.807) is 0 Å². The van der Waals surface area contributed by atoms with Crippen molar-refractivity contribution in [1.82, 2.24) is 15.0 Å². The molecule has 1 aromatic heterocycles. The molecule has 18 heavy (non-hydrogen) atoms. The number of nitrogens with one attached hydrogen (secondary N) is 1. The molecule has 0 atom stereocenters. The molecule has 6 heteroatoms. The van der Waals surface area contributed by atoms with Crippen molar-refractivity contribution in [1.29, 1.82) is 0 Å². The molecule has 102 valence electrons. The summed E-state index contributed by atoms with van der Waals surface area (Å²) in [5, 5.41) is 3.29. The Morgan fingerprint density at radius 2 is 1.83 bits per heavy atom. The predicted octanol–water partition coefficient (Wildman–Crippen LogP) is 2.35. The van der Waals surface area contributed by atoms with Crippen LogP contribution in [0.1, 0.15) is 39.4 Å². The third-order valence-corrected chi connectivity index (χ3v) is 4.89. The van der Waals surface area contributed by atoms with Gasteiger partial charge in [-0.1, -0.05) is 20.8 Å². The summed E-state index contributed by atoms with van der Waals surface area (Å²) in [6, 6.07) is 0. The number of nitrogens with zero attached hydrogens (tertiary/aromatic N) is 3. The second-order valence-corrected chi connectivity index (χ2v) is 5.51. The SMILES string of the molecule is CCc1nc(N)nc(NCC(CC)(CC)SC)n1. The van der Waals surface area contributed by atoms with Crippen molar-refractivity contribution in [2.45, 2.75) is 44.8 Å². The smallest absolute Gasteiger partial charge is 0.227 e. The van der Waals surface area contributed by atoms with Crippen LogP contribution in [0.5, 0.6) is 0 Å². The van der Waals surface area contributed by atoms with Crippen LogP contribution in [-0.2, 0) is 6.42 Å². The molecule has 0 unspecified atom stereocenters. The minimum atomic E-state index is 0.230. The fourth-order valence-corrected chi connectivity index (χ4v) is 2.57. The zero-order chi connectivity index (χ0) is 13.6. The second-order valence-electron chi connectivity index (χ2n) is 4.23. The van der Waals surface area contributed by atoms with Gasteiger partial charge in [0.25, 0.3) is 0 Å². The zero-order valence-corrected chi connectivity index (χ0v) is 12.5. The van der Waals surface area contributed by atoms with Gasteiger partial charge in [-0.15, -0.1) is 0 Å². The van der Waals surface area contributed by atoms with Gasteiger partial charge in [-0.3, -0.25) is 0 Å². The highest BCUT2D eigenvalue weighted by Crippen LogP contribution is 2.30. The highest BCUT2D eigenvalue weighted by atomic mass is 32.2. The first-order valence-electron chi connectivity index (χ1n) is 6.38. The van der Waals surface area contributed by atoms with Gasteiger partial charge in [-0.25, -0.2) is 0 Å². The van der Waals surface area contributed by atoms with Gasteiger partial charge in [0.15, 0.2) is 0 Å². The van der Waals surface area contributed by atoms with E-state index in [9.17, 15) is 0 Å². The predicted molar refractivity (Wildman–Crippen MR) is 78.9 cm³/mol.